The van der Waals surface area contributed by atoms with Crippen LogP contribution in [-0.4, -0.2) is 54.4 Å². The summed E-state index contributed by atoms with van der Waals surface area (Å²) < 4.78 is 22.5. The van der Waals surface area contributed by atoms with Crippen LogP contribution in [0, 0.1) is 11.3 Å². The van der Waals surface area contributed by atoms with E-state index in [4.69, 9.17) is 24.2 Å². The second kappa shape index (κ2) is 8.53. The van der Waals surface area contributed by atoms with Gasteiger partial charge >= 0.3 is 0 Å². The predicted molar refractivity (Wildman–Crippen MR) is 104 cm³/mol. The Bertz CT molecular complexity index is 906. The molecule has 0 N–H and O–H groups in total. The van der Waals surface area contributed by atoms with Crippen LogP contribution < -0.4 is 18.9 Å². The molecular formula is C21H24N4O4. The number of nitrogens with zero attached hydrogens (tertiary/aromatic N) is 4. The van der Waals surface area contributed by atoms with Gasteiger partial charge in [0.15, 0.2) is 11.5 Å². The van der Waals surface area contributed by atoms with Gasteiger partial charge in [-0.3, -0.25) is 4.90 Å². The lowest BCUT2D eigenvalue weighted by molar-refractivity contribution is 0.0732. The number of hydrogen-bond acceptors (Lipinski definition) is 8. The van der Waals surface area contributed by atoms with Gasteiger partial charge in [-0.1, -0.05) is 0 Å². The van der Waals surface area contributed by atoms with E-state index in [2.05, 4.69) is 27.9 Å². The Balaban J connectivity index is 1.36. The fraction of sp³-hybridized carbons (Fsp3) is 0.476. The van der Waals surface area contributed by atoms with Gasteiger partial charge in [0.1, 0.15) is 25.4 Å². The average Bonchev–Trinajstić information content (AvgIpc) is 2.79. The number of likely N-dealkylation sites (tertiary alicyclic amines) is 1. The molecule has 152 valence electrons. The molecular weight excluding hydrogens is 372 g/mol. The maximum Gasteiger partial charge on any atom is 0.257 e. The van der Waals surface area contributed by atoms with Crippen molar-refractivity contribution >= 4 is 0 Å². The van der Waals surface area contributed by atoms with E-state index in [1.54, 1.807) is 13.2 Å². The second-order valence-corrected chi connectivity index (χ2v) is 7.11. The van der Waals surface area contributed by atoms with Crippen molar-refractivity contribution in [3.05, 3.63) is 35.7 Å². The van der Waals surface area contributed by atoms with Crippen molar-refractivity contribution in [1.82, 2.24) is 14.9 Å². The zero-order valence-corrected chi connectivity index (χ0v) is 16.6. The maximum atomic E-state index is 9.00. The van der Waals surface area contributed by atoms with Gasteiger partial charge in [0.2, 0.25) is 0 Å². The highest BCUT2D eigenvalue weighted by Gasteiger charge is 2.27. The molecule has 29 heavy (non-hydrogen) atoms. The van der Waals surface area contributed by atoms with Crippen LogP contribution in [0.25, 0.3) is 0 Å². The first-order valence-electron chi connectivity index (χ1n) is 9.79. The number of fused-ring (bicyclic) bond motifs is 1. The molecule has 2 aliphatic heterocycles. The Labute approximate surface area is 170 Å². The van der Waals surface area contributed by atoms with Crippen LogP contribution >= 0.6 is 0 Å². The fourth-order valence-corrected chi connectivity index (χ4v) is 3.63. The Morgan fingerprint density at radius 3 is 2.79 bits per heavy atom. The summed E-state index contributed by atoms with van der Waals surface area (Å²) in [6.07, 6.45) is 3.31. The smallest absolute Gasteiger partial charge is 0.257 e. The van der Waals surface area contributed by atoms with Gasteiger partial charge < -0.3 is 18.9 Å². The van der Waals surface area contributed by atoms with Gasteiger partial charge in [0, 0.05) is 31.4 Å². The minimum absolute atomic E-state index is 0.0565. The summed E-state index contributed by atoms with van der Waals surface area (Å²) in [6, 6.07) is 7.82. The Morgan fingerprint density at radius 1 is 1.24 bits per heavy atom. The Kier molecular flexibility index (Phi) is 5.67. The molecule has 1 atom stereocenters. The zero-order chi connectivity index (χ0) is 20.2. The van der Waals surface area contributed by atoms with Gasteiger partial charge in [0.05, 0.1) is 18.4 Å². The molecule has 4 rings (SSSR count). The van der Waals surface area contributed by atoms with Crippen LogP contribution in [0.1, 0.15) is 37.1 Å². The second-order valence-electron chi connectivity index (χ2n) is 7.11. The molecule has 1 fully saturated rings. The molecule has 2 aromatic rings. The number of rotatable bonds is 5. The summed E-state index contributed by atoms with van der Waals surface area (Å²) in [5.74, 6) is 2.22. The average molecular weight is 396 g/mol. The van der Waals surface area contributed by atoms with Crippen LogP contribution in [-0.2, 0) is 0 Å². The van der Waals surface area contributed by atoms with E-state index in [0.717, 1.165) is 31.6 Å². The molecule has 2 aromatic heterocycles. The molecule has 0 saturated carbocycles. The molecule has 1 unspecified atom stereocenters. The van der Waals surface area contributed by atoms with Crippen molar-refractivity contribution in [2.45, 2.75) is 31.9 Å². The molecule has 8 nitrogen and oxygen atoms in total. The number of hydrogen-bond donors (Lipinski definition) is 0. The van der Waals surface area contributed by atoms with Crippen LogP contribution in [0.3, 0.4) is 0 Å². The Hall–Kier alpha value is -3.05. The summed E-state index contributed by atoms with van der Waals surface area (Å²) in [5.41, 5.74) is 1.42. The van der Waals surface area contributed by atoms with Crippen molar-refractivity contribution < 1.29 is 18.9 Å². The first-order chi connectivity index (χ1) is 14.2. The third kappa shape index (κ3) is 4.20. The molecule has 0 spiro atoms. The number of ether oxygens (including phenoxy) is 4. The number of aromatic nitrogens is 2. The Morgan fingerprint density at radius 2 is 2.03 bits per heavy atom. The van der Waals surface area contributed by atoms with Crippen molar-refractivity contribution in [2.75, 3.05) is 33.4 Å². The van der Waals surface area contributed by atoms with Crippen molar-refractivity contribution in [3.8, 4) is 29.3 Å². The predicted octanol–water partition coefficient (Wildman–Crippen LogP) is 2.73. The van der Waals surface area contributed by atoms with Gasteiger partial charge in [-0.25, -0.2) is 9.97 Å². The number of pyridine rings is 2. The van der Waals surface area contributed by atoms with E-state index in [9.17, 15) is 0 Å². The summed E-state index contributed by atoms with van der Waals surface area (Å²) in [4.78, 5) is 11.3. The standard InChI is InChI=1S/C21H24N4O4/c1-14(17-3-4-18-21(24-17)28-10-9-27-18)25-7-5-16(6-8-25)29-20-19(26-2)11-15(12-22)13-23-20/h3-4,11,13-14,16H,5-10H2,1-2H3. The number of methoxy groups -OCH3 is 1. The zero-order valence-electron chi connectivity index (χ0n) is 16.6. The minimum Gasteiger partial charge on any atom is -0.491 e. The molecule has 0 bridgehead atoms. The van der Waals surface area contributed by atoms with E-state index in [0.29, 0.717) is 42.0 Å². The van der Waals surface area contributed by atoms with Crippen molar-refractivity contribution in [2.24, 2.45) is 0 Å². The molecule has 4 heterocycles. The quantitative estimate of drug-likeness (QED) is 0.762. The van der Waals surface area contributed by atoms with Crippen LogP contribution in [0.5, 0.6) is 23.3 Å². The fourth-order valence-electron chi connectivity index (χ4n) is 3.63. The van der Waals surface area contributed by atoms with E-state index in [1.165, 1.54) is 6.20 Å². The number of nitriles is 1. The first-order valence-corrected chi connectivity index (χ1v) is 9.79. The minimum atomic E-state index is 0.0565. The highest BCUT2D eigenvalue weighted by molar-refractivity contribution is 5.41. The topological polar surface area (TPSA) is 89.7 Å². The van der Waals surface area contributed by atoms with E-state index >= 15 is 0 Å². The third-order valence-corrected chi connectivity index (χ3v) is 5.32. The maximum absolute atomic E-state index is 9.00. The molecule has 0 aliphatic carbocycles. The van der Waals surface area contributed by atoms with Crippen molar-refractivity contribution in [3.63, 3.8) is 0 Å². The molecule has 0 amide bonds. The highest BCUT2D eigenvalue weighted by atomic mass is 16.6. The van der Waals surface area contributed by atoms with Crippen LogP contribution in [0.2, 0.25) is 0 Å². The largest absolute Gasteiger partial charge is 0.491 e. The summed E-state index contributed by atoms with van der Waals surface area (Å²) in [7, 11) is 1.55. The molecule has 2 aliphatic rings. The normalized spacial score (nSPS) is 18.0. The summed E-state index contributed by atoms with van der Waals surface area (Å²) in [6.45, 7) is 5.04. The summed E-state index contributed by atoms with van der Waals surface area (Å²) in [5, 5.41) is 9.00. The first kappa shape index (κ1) is 19.3. The van der Waals surface area contributed by atoms with Gasteiger partial charge in [0.25, 0.3) is 11.8 Å². The molecule has 0 aromatic carbocycles. The van der Waals surface area contributed by atoms with Gasteiger partial charge in [-0.15, -0.1) is 0 Å². The van der Waals surface area contributed by atoms with Crippen LogP contribution in [0.4, 0.5) is 0 Å². The molecule has 0 radical (unpaired) electrons. The van der Waals surface area contributed by atoms with Gasteiger partial charge in [-0.2, -0.15) is 5.26 Å². The lowest BCUT2D eigenvalue weighted by atomic mass is 10.0. The van der Waals surface area contributed by atoms with E-state index < -0.39 is 0 Å². The molecule has 8 heteroatoms. The lowest BCUT2D eigenvalue weighted by Gasteiger charge is -2.35. The SMILES string of the molecule is COc1cc(C#N)cnc1OC1CCN(C(C)c2ccc3c(n2)OCCO3)CC1. The van der Waals surface area contributed by atoms with Crippen molar-refractivity contribution in [1.29, 1.82) is 5.26 Å². The highest BCUT2D eigenvalue weighted by Crippen LogP contribution is 2.33. The summed E-state index contributed by atoms with van der Waals surface area (Å²) >= 11 is 0. The number of piperidine rings is 1. The van der Waals surface area contributed by atoms with Crippen LogP contribution in [0.15, 0.2) is 24.4 Å². The third-order valence-electron chi connectivity index (χ3n) is 5.32. The molecule has 1 saturated heterocycles. The van der Waals surface area contributed by atoms with E-state index in [1.807, 2.05) is 12.1 Å². The van der Waals surface area contributed by atoms with E-state index in [-0.39, 0.29) is 12.1 Å². The monoisotopic (exact) mass is 396 g/mol. The van der Waals surface area contributed by atoms with Gasteiger partial charge in [-0.05, 0) is 31.9 Å². The lowest BCUT2D eigenvalue weighted by Crippen LogP contribution is -2.40.